The van der Waals surface area contributed by atoms with Crippen molar-refractivity contribution in [2.75, 3.05) is 0 Å². The van der Waals surface area contributed by atoms with Crippen LogP contribution in [0.5, 0.6) is 5.75 Å². The van der Waals surface area contributed by atoms with Gasteiger partial charge in [-0.3, -0.25) is 4.79 Å². The van der Waals surface area contributed by atoms with Crippen molar-refractivity contribution >= 4 is 5.91 Å². The molecule has 2 aromatic carbocycles. The third-order valence-corrected chi connectivity index (χ3v) is 2.99. The predicted molar refractivity (Wildman–Crippen MR) is 79.4 cm³/mol. The molecule has 20 heavy (non-hydrogen) atoms. The molecule has 0 aliphatic rings. The zero-order valence-corrected chi connectivity index (χ0v) is 11.6. The highest BCUT2D eigenvalue weighted by Gasteiger charge is 2.17. The Hall–Kier alpha value is -2.29. The molecule has 0 saturated carbocycles. The molecule has 0 aliphatic heterocycles. The number of para-hydroxylation sites is 1. The summed E-state index contributed by atoms with van der Waals surface area (Å²) in [6, 6.07) is 19.3. The molecule has 0 bridgehead atoms. The summed E-state index contributed by atoms with van der Waals surface area (Å²) in [6.45, 7) is 2.46. The van der Waals surface area contributed by atoms with Crippen LogP contribution in [0.4, 0.5) is 0 Å². The molecule has 1 N–H and O–H groups in total. The van der Waals surface area contributed by atoms with Crippen molar-refractivity contribution in [3.8, 4) is 5.75 Å². The van der Waals surface area contributed by atoms with Gasteiger partial charge in [-0.15, -0.1) is 0 Å². The van der Waals surface area contributed by atoms with Crippen LogP contribution >= 0.6 is 0 Å². The molecule has 3 nitrogen and oxygen atoms in total. The number of ether oxygens (including phenoxy) is 1. The number of hydrogen-bond donors (Lipinski definition) is 1. The van der Waals surface area contributed by atoms with E-state index in [-0.39, 0.29) is 5.91 Å². The lowest BCUT2D eigenvalue weighted by molar-refractivity contribution is -0.128. The standard InChI is InChI=1S/C17H19NO2/c1-2-16(20-15-11-7-4-8-12-15)17(19)18-13-14-9-5-3-6-10-14/h3-12,16H,2,13H2,1H3,(H,18,19)/t16-/m0/s1. The Kier molecular flexibility index (Phi) is 5.18. The summed E-state index contributed by atoms with van der Waals surface area (Å²) in [5.41, 5.74) is 1.08. The number of carbonyl (C=O) groups excluding carboxylic acids is 1. The van der Waals surface area contributed by atoms with E-state index in [0.717, 1.165) is 5.56 Å². The maximum atomic E-state index is 12.1. The quantitative estimate of drug-likeness (QED) is 0.874. The third-order valence-electron chi connectivity index (χ3n) is 2.99. The third kappa shape index (κ3) is 4.12. The van der Waals surface area contributed by atoms with E-state index < -0.39 is 6.10 Å². The molecule has 1 atom stereocenters. The fraction of sp³-hybridized carbons (Fsp3) is 0.235. The van der Waals surface area contributed by atoms with Crippen LogP contribution in [0.1, 0.15) is 18.9 Å². The summed E-state index contributed by atoms with van der Waals surface area (Å²) in [5, 5.41) is 2.91. The minimum atomic E-state index is -0.457. The van der Waals surface area contributed by atoms with Crippen molar-refractivity contribution in [1.29, 1.82) is 0 Å². The van der Waals surface area contributed by atoms with Gasteiger partial charge in [0.25, 0.3) is 5.91 Å². The molecule has 1 amide bonds. The average Bonchev–Trinajstić information content (AvgIpc) is 2.52. The molecule has 0 spiro atoms. The van der Waals surface area contributed by atoms with Crippen LogP contribution in [0, 0.1) is 0 Å². The van der Waals surface area contributed by atoms with Gasteiger partial charge in [-0.1, -0.05) is 55.5 Å². The van der Waals surface area contributed by atoms with Crippen LogP contribution in [0.3, 0.4) is 0 Å². The Bertz CT molecular complexity index is 525. The van der Waals surface area contributed by atoms with E-state index in [4.69, 9.17) is 4.74 Å². The van der Waals surface area contributed by atoms with Crippen LogP contribution in [0.15, 0.2) is 60.7 Å². The fourth-order valence-electron chi connectivity index (χ4n) is 1.88. The number of benzene rings is 2. The van der Waals surface area contributed by atoms with Crippen molar-refractivity contribution in [2.45, 2.75) is 26.0 Å². The van der Waals surface area contributed by atoms with Crippen LogP contribution < -0.4 is 10.1 Å². The Morgan fingerprint density at radius 1 is 1.05 bits per heavy atom. The van der Waals surface area contributed by atoms with Crippen molar-refractivity contribution in [1.82, 2.24) is 5.32 Å². The maximum Gasteiger partial charge on any atom is 0.261 e. The molecular weight excluding hydrogens is 250 g/mol. The Balaban J connectivity index is 1.89. The van der Waals surface area contributed by atoms with Crippen molar-refractivity contribution in [2.24, 2.45) is 0 Å². The van der Waals surface area contributed by atoms with Gasteiger partial charge in [0.1, 0.15) is 5.75 Å². The maximum absolute atomic E-state index is 12.1. The number of rotatable bonds is 6. The molecular formula is C17H19NO2. The Labute approximate surface area is 119 Å². The second-order valence-electron chi connectivity index (χ2n) is 4.53. The number of nitrogens with one attached hydrogen (secondary N) is 1. The van der Waals surface area contributed by atoms with Crippen LogP contribution in [-0.4, -0.2) is 12.0 Å². The highest BCUT2D eigenvalue weighted by atomic mass is 16.5. The van der Waals surface area contributed by atoms with Crippen LogP contribution in [0.2, 0.25) is 0 Å². The zero-order chi connectivity index (χ0) is 14.2. The van der Waals surface area contributed by atoms with Crippen molar-refractivity contribution < 1.29 is 9.53 Å². The van der Waals surface area contributed by atoms with Gasteiger partial charge in [0.2, 0.25) is 0 Å². The largest absolute Gasteiger partial charge is 0.481 e. The summed E-state index contributed by atoms with van der Waals surface area (Å²) in [4.78, 5) is 12.1. The van der Waals surface area contributed by atoms with Gasteiger partial charge in [0.05, 0.1) is 0 Å². The van der Waals surface area contributed by atoms with Crippen LogP contribution in [0.25, 0.3) is 0 Å². The summed E-state index contributed by atoms with van der Waals surface area (Å²) < 4.78 is 5.70. The van der Waals surface area contributed by atoms with E-state index in [1.807, 2.05) is 67.6 Å². The van der Waals surface area contributed by atoms with Gasteiger partial charge in [0, 0.05) is 6.54 Å². The molecule has 0 heterocycles. The number of carbonyl (C=O) groups is 1. The van der Waals surface area contributed by atoms with Gasteiger partial charge >= 0.3 is 0 Å². The van der Waals surface area contributed by atoms with E-state index in [1.54, 1.807) is 0 Å². The monoisotopic (exact) mass is 269 g/mol. The van der Waals surface area contributed by atoms with Gasteiger partial charge < -0.3 is 10.1 Å². The Morgan fingerprint density at radius 3 is 2.25 bits per heavy atom. The summed E-state index contributed by atoms with van der Waals surface area (Å²) in [5.74, 6) is 0.634. The molecule has 0 saturated heterocycles. The predicted octanol–water partition coefficient (Wildman–Crippen LogP) is 3.16. The van der Waals surface area contributed by atoms with E-state index >= 15 is 0 Å². The van der Waals surface area contributed by atoms with Gasteiger partial charge in [-0.25, -0.2) is 0 Å². The minimum Gasteiger partial charge on any atom is -0.481 e. The topological polar surface area (TPSA) is 38.3 Å². The lowest BCUT2D eigenvalue weighted by Crippen LogP contribution is -2.37. The highest BCUT2D eigenvalue weighted by Crippen LogP contribution is 2.12. The summed E-state index contributed by atoms with van der Waals surface area (Å²) in [6.07, 6.45) is 0.177. The SMILES string of the molecule is CC[C@H](Oc1ccccc1)C(=O)NCc1ccccc1. The lowest BCUT2D eigenvalue weighted by Gasteiger charge is -2.17. The molecule has 0 aliphatic carbocycles. The molecule has 3 heteroatoms. The first kappa shape index (κ1) is 14.1. The van der Waals surface area contributed by atoms with E-state index in [0.29, 0.717) is 18.7 Å². The van der Waals surface area contributed by atoms with Crippen molar-refractivity contribution in [3.63, 3.8) is 0 Å². The second kappa shape index (κ2) is 7.34. The van der Waals surface area contributed by atoms with Crippen LogP contribution in [-0.2, 0) is 11.3 Å². The van der Waals surface area contributed by atoms with Gasteiger partial charge in [-0.2, -0.15) is 0 Å². The van der Waals surface area contributed by atoms with Gasteiger partial charge in [0.15, 0.2) is 6.10 Å². The van der Waals surface area contributed by atoms with Gasteiger partial charge in [-0.05, 0) is 24.1 Å². The summed E-state index contributed by atoms with van der Waals surface area (Å²) in [7, 11) is 0. The molecule has 0 aromatic heterocycles. The molecule has 2 rings (SSSR count). The molecule has 0 unspecified atom stereocenters. The first-order chi connectivity index (χ1) is 9.79. The molecule has 0 fully saturated rings. The average molecular weight is 269 g/mol. The van der Waals surface area contributed by atoms with Crippen molar-refractivity contribution in [3.05, 3.63) is 66.2 Å². The normalized spacial score (nSPS) is 11.7. The molecule has 104 valence electrons. The lowest BCUT2D eigenvalue weighted by atomic mass is 10.2. The first-order valence-electron chi connectivity index (χ1n) is 6.83. The minimum absolute atomic E-state index is 0.0831. The zero-order valence-electron chi connectivity index (χ0n) is 11.6. The number of amides is 1. The van der Waals surface area contributed by atoms with E-state index in [2.05, 4.69) is 5.32 Å². The molecule has 2 aromatic rings. The highest BCUT2D eigenvalue weighted by molar-refractivity contribution is 5.81. The second-order valence-corrected chi connectivity index (χ2v) is 4.53. The fourth-order valence-corrected chi connectivity index (χ4v) is 1.88. The van der Waals surface area contributed by atoms with E-state index in [9.17, 15) is 4.79 Å². The summed E-state index contributed by atoms with van der Waals surface area (Å²) >= 11 is 0. The van der Waals surface area contributed by atoms with E-state index in [1.165, 1.54) is 0 Å². The smallest absolute Gasteiger partial charge is 0.261 e. The Morgan fingerprint density at radius 2 is 1.65 bits per heavy atom. The molecule has 0 radical (unpaired) electrons. The first-order valence-corrected chi connectivity index (χ1v) is 6.83. The number of hydrogen-bond acceptors (Lipinski definition) is 2.